The van der Waals surface area contributed by atoms with Gasteiger partial charge in [0, 0.05) is 43.0 Å². The number of nitrogens with zero attached hydrogens (tertiary/aromatic N) is 3. The van der Waals surface area contributed by atoms with Gasteiger partial charge >= 0.3 is 0 Å². The Balaban J connectivity index is 1.31. The Morgan fingerprint density at radius 2 is 1.72 bits per heavy atom. The summed E-state index contributed by atoms with van der Waals surface area (Å²) in [5.41, 5.74) is 6.54. The zero-order valence-electron chi connectivity index (χ0n) is 20.8. The Morgan fingerprint density at radius 3 is 2.39 bits per heavy atom. The number of benzene rings is 3. The van der Waals surface area contributed by atoms with Gasteiger partial charge in [-0.2, -0.15) is 0 Å². The van der Waals surface area contributed by atoms with Crippen LogP contribution in [0.3, 0.4) is 0 Å². The Bertz CT molecular complexity index is 1340. The van der Waals surface area contributed by atoms with E-state index in [9.17, 15) is 4.79 Å². The highest BCUT2D eigenvalue weighted by molar-refractivity contribution is 6.04. The van der Waals surface area contributed by atoms with Crippen LogP contribution in [-0.2, 0) is 0 Å². The molecular weight excluding hydrogens is 452 g/mol. The fourth-order valence-electron chi connectivity index (χ4n) is 4.55. The van der Waals surface area contributed by atoms with Crippen molar-refractivity contribution >= 4 is 17.3 Å². The summed E-state index contributed by atoms with van der Waals surface area (Å²) >= 11 is 0. The van der Waals surface area contributed by atoms with E-state index in [0.717, 1.165) is 65.6 Å². The first-order valence-corrected chi connectivity index (χ1v) is 12.1. The van der Waals surface area contributed by atoms with Gasteiger partial charge in [0.05, 0.1) is 19.0 Å². The number of oxazole rings is 1. The normalized spacial score (nSPS) is 14.0. The average Bonchev–Trinajstić information content (AvgIpc) is 3.44. The highest BCUT2D eigenvalue weighted by Crippen LogP contribution is 2.32. The Morgan fingerprint density at radius 1 is 0.972 bits per heavy atom. The van der Waals surface area contributed by atoms with Crippen molar-refractivity contribution in [1.29, 1.82) is 0 Å². The average molecular weight is 483 g/mol. The summed E-state index contributed by atoms with van der Waals surface area (Å²) in [6.07, 6.45) is 3.21. The van der Waals surface area contributed by atoms with Crippen LogP contribution in [0.4, 0.5) is 11.4 Å². The zero-order valence-corrected chi connectivity index (χ0v) is 20.8. The number of carbonyl (C=O) groups is 1. The van der Waals surface area contributed by atoms with Crippen molar-refractivity contribution in [2.75, 3.05) is 50.6 Å². The summed E-state index contributed by atoms with van der Waals surface area (Å²) in [6, 6.07) is 19.6. The summed E-state index contributed by atoms with van der Waals surface area (Å²) in [4.78, 5) is 21.8. The van der Waals surface area contributed by atoms with Gasteiger partial charge in [0.2, 0.25) is 5.89 Å². The molecule has 0 aliphatic carbocycles. The molecule has 0 spiro atoms. The number of piperazine rings is 1. The van der Waals surface area contributed by atoms with Crippen LogP contribution in [0.2, 0.25) is 0 Å². The summed E-state index contributed by atoms with van der Waals surface area (Å²) in [5.74, 6) is 1.27. The van der Waals surface area contributed by atoms with Crippen molar-refractivity contribution in [3.8, 4) is 28.3 Å². The highest BCUT2D eigenvalue weighted by Gasteiger charge is 2.19. The van der Waals surface area contributed by atoms with Gasteiger partial charge in [-0.05, 0) is 73.1 Å². The number of amides is 1. The molecule has 1 amide bonds. The number of rotatable bonds is 6. The van der Waals surface area contributed by atoms with Crippen molar-refractivity contribution < 1.29 is 13.9 Å². The van der Waals surface area contributed by atoms with E-state index in [1.807, 2.05) is 48.5 Å². The standard InChI is InChI=1S/C29H30N4O3/c1-20-18-23(29-30-12-17-36-29)8-10-25(20)21-4-6-22(7-5-21)28(34)31-24-9-11-27(35-3)26(19-24)33-15-13-32(2)14-16-33/h4-12,17-19H,13-16H2,1-3H3,(H,31,34). The molecular formula is C29H30N4O3. The van der Waals surface area contributed by atoms with E-state index < -0.39 is 0 Å². The second kappa shape index (κ2) is 10.3. The van der Waals surface area contributed by atoms with Crippen molar-refractivity contribution in [1.82, 2.24) is 9.88 Å². The topological polar surface area (TPSA) is 70.8 Å². The summed E-state index contributed by atoms with van der Waals surface area (Å²) in [6.45, 7) is 5.89. The predicted molar refractivity (Wildman–Crippen MR) is 143 cm³/mol. The van der Waals surface area contributed by atoms with Crippen LogP contribution in [0.15, 0.2) is 77.5 Å². The van der Waals surface area contributed by atoms with Gasteiger partial charge in [0.15, 0.2) is 0 Å². The molecule has 1 fully saturated rings. The molecule has 1 N–H and O–H groups in total. The molecule has 1 saturated heterocycles. The highest BCUT2D eigenvalue weighted by atomic mass is 16.5. The molecule has 36 heavy (non-hydrogen) atoms. The largest absolute Gasteiger partial charge is 0.495 e. The molecule has 0 saturated carbocycles. The van der Waals surface area contributed by atoms with Gasteiger partial charge in [-0.25, -0.2) is 4.98 Å². The molecule has 1 aromatic heterocycles. The molecule has 0 bridgehead atoms. The smallest absolute Gasteiger partial charge is 0.255 e. The molecule has 184 valence electrons. The minimum absolute atomic E-state index is 0.146. The van der Waals surface area contributed by atoms with Crippen LogP contribution in [0, 0.1) is 6.92 Å². The SMILES string of the molecule is COc1ccc(NC(=O)c2ccc(-c3ccc(-c4ncco4)cc3C)cc2)cc1N1CCN(C)CC1. The number of methoxy groups -OCH3 is 1. The lowest BCUT2D eigenvalue weighted by atomic mass is 9.97. The molecule has 7 nitrogen and oxygen atoms in total. The predicted octanol–water partition coefficient (Wildman–Crippen LogP) is 5.33. The number of anilines is 2. The first-order valence-electron chi connectivity index (χ1n) is 12.1. The Hall–Kier alpha value is -4.10. The number of ether oxygens (including phenoxy) is 1. The van der Waals surface area contributed by atoms with E-state index >= 15 is 0 Å². The Labute approximate surface area is 211 Å². The molecule has 0 radical (unpaired) electrons. The van der Waals surface area contributed by atoms with Gasteiger partial charge in [-0.15, -0.1) is 0 Å². The molecule has 5 rings (SSSR count). The minimum Gasteiger partial charge on any atom is -0.495 e. The van der Waals surface area contributed by atoms with Crippen LogP contribution < -0.4 is 15.0 Å². The van der Waals surface area contributed by atoms with Gasteiger partial charge in [0.25, 0.3) is 5.91 Å². The third-order valence-electron chi connectivity index (χ3n) is 6.64. The van der Waals surface area contributed by atoms with Crippen LogP contribution >= 0.6 is 0 Å². The van der Waals surface area contributed by atoms with Gasteiger partial charge < -0.3 is 24.3 Å². The van der Waals surface area contributed by atoms with Crippen molar-refractivity contribution in [2.45, 2.75) is 6.92 Å². The molecule has 2 heterocycles. The number of aryl methyl sites for hydroxylation is 1. The summed E-state index contributed by atoms with van der Waals surface area (Å²) in [5, 5.41) is 3.04. The van der Waals surface area contributed by atoms with Crippen LogP contribution in [0.5, 0.6) is 5.75 Å². The first-order chi connectivity index (χ1) is 17.5. The van der Waals surface area contributed by atoms with Crippen molar-refractivity contribution in [2.24, 2.45) is 0 Å². The molecule has 3 aromatic carbocycles. The van der Waals surface area contributed by atoms with E-state index in [1.54, 1.807) is 19.6 Å². The molecule has 1 aliphatic rings. The first kappa shape index (κ1) is 23.6. The van der Waals surface area contributed by atoms with E-state index in [2.05, 4.69) is 46.2 Å². The number of hydrogen-bond acceptors (Lipinski definition) is 6. The zero-order chi connectivity index (χ0) is 25.1. The number of nitrogens with one attached hydrogen (secondary N) is 1. The fourth-order valence-corrected chi connectivity index (χ4v) is 4.55. The number of likely N-dealkylation sites (N-methyl/N-ethyl adjacent to an activating group) is 1. The minimum atomic E-state index is -0.146. The van der Waals surface area contributed by atoms with E-state index in [1.165, 1.54) is 0 Å². The number of carbonyl (C=O) groups excluding carboxylic acids is 1. The van der Waals surface area contributed by atoms with Gasteiger partial charge in [0.1, 0.15) is 12.0 Å². The summed E-state index contributed by atoms with van der Waals surface area (Å²) in [7, 11) is 3.81. The molecule has 1 aliphatic heterocycles. The summed E-state index contributed by atoms with van der Waals surface area (Å²) < 4.78 is 11.0. The maximum atomic E-state index is 13.0. The lowest BCUT2D eigenvalue weighted by Crippen LogP contribution is -2.44. The fraction of sp³-hybridized carbons (Fsp3) is 0.241. The number of aromatic nitrogens is 1. The van der Waals surface area contributed by atoms with E-state index in [4.69, 9.17) is 9.15 Å². The quantitative estimate of drug-likeness (QED) is 0.401. The van der Waals surface area contributed by atoms with Crippen LogP contribution in [0.1, 0.15) is 15.9 Å². The van der Waals surface area contributed by atoms with Crippen molar-refractivity contribution in [3.63, 3.8) is 0 Å². The van der Waals surface area contributed by atoms with Crippen LogP contribution in [0.25, 0.3) is 22.6 Å². The molecule has 0 atom stereocenters. The second-order valence-electron chi connectivity index (χ2n) is 9.08. The maximum absolute atomic E-state index is 13.0. The monoisotopic (exact) mass is 482 g/mol. The third-order valence-corrected chi connectivity index (χ3v) is 6.64. The lowest BCUT2D eigenvalue weighted by Gasteiger charge is -2.34. The third kappa shape index (κ3) is 4.97. The molecule has 4 aromatic rings. The molecule has 0 unspecified atom stereocenters. The van der Waals surface area contributed by atoms with Crippen molar-refractivity contribution in [3.05, 3.63) is 84.3 Å². The van der Waals surface area contributed by atoms with Gasteiger partial charge in [-0.1, -0.05) is 18.2 Å². The number of hydrogen-bond donors (Lipinski definition) is 1. The lowest BCUT2D eigenvalue weighted by molar-refractivity contribution is 0.102. The molecule has 7 heteroatoms. The second-order valence-corrected chi connectivity index (χ2v) is 9.08. The maximum Gasteiger partial charge on any atom is 0.255 e. The van der Waals surface area contributed by atoms with Gasteiger partial charge in [-0.3, -0.25) is 4.79 Å². The van der Waals surface area contributed by atoms with E-state index in [0.29, 0.717) is 11.5 Å². The van der Waals surface area contributed by atoms with E-state index in [-0.39, 0.29) is 5.91 Å². The van der Waals surface area contributed by atoms with Crippen LogP contribution in [-0.4, -0.2) is 56.1 Å². The Kier molecular flexibility index (Phi) is 6.73.